The van der Waals surface area contributed by atoms with Crippen LogP contribution in [0.15, 0.2) is 36.5 Å². The van der Waals surface area contributed by atoms with E-state index in [2.05, 4.69) is 9.97 Å². The lowest BCUT2D eigenvalue weighted by atomic mass is 10.1. The zero-order valence-corrected chi connectivity index (χ0v) is 10.9. The Morgan fingerprint density at radius 2 is 2.05 bits per heavy atom. The number of hydrogen-bond acceptors (Lipinski definition) is 4. The second-order valence-electron chi connectivity index (χ2n) is 4.30. The molecule has 0 fully saturated rings. The quantitative estimate of drug-likeness (QED) is 0.890. The summed E-state index contributed by atoms with van der Waals surface area (Å²) in [6.45, 7) is 0.997. The van der Waals surface area contributed by atoms with E-state index in [-0.39, 0.29) is 5.82 Å². The molecule has 0 bridgehead atoms. The van der Waals surface area contributed by atoms with Gasteiger partial charge in [-0.3, -0.25) is 0 Å². The monoisotopic (exact) mass is 260 g/mol. The maximum absolute atomic E-state index is 13.5. The molecule has 2 N–H and O–H groups in total. The van der Waals surface area contributed by atoms with Crippen molar-refractivity contribution in [3.05, 3.63) is 53.7 Å². The highest BCUT2D eigenvalue weighted by Crippen LogP contribution is 2.11. The van der Waals surface area contributed by atoms with Gasteiger partial charge in [0.15, 0.2) is 0 Å². The minimum absolute atomic E-state index is 0.166. The second-order valence-corrected chi connectivity index (χ2v) is 4.30. The van der Waals surface area contributed by atoms with E-state index in [1.165, 1.54) is 6.07 Å². The minimum atomic E-state index is -0.166. The first-order chi connectivity index (χ1) is 9.20. The van der Waals surface area contributed by atoms with Crippen LogP contribution in [0.3, 0.4) is 0 Å². The molecule has 0 atom stereocenters. The van der Waals surface area contributed by atoms with Gasteiger partial charge >= 0.3 is 0 Å². The minimum Gasteiger partial charge on any atom is -0.359 e. The van der Waals surface area contributed by atoms with Crippen molar-refractivity contribution in [3.63, 3.8) is 0 Å². The molecule has 5 heteroatoms. The van der Waals surface area contributed by atoms with Gasteiger partial charge in [-0.05, 0) is 24.1 Å². The molecule has 2 rings (SSSR count). The third kappa shape index (κ3) is 3.48. The van der Waals surface area contributed by atoms with E-state index in [9.17, 15) is 4.39 Å². The molecule has 0 aliphatic heterocycles. The normalized spacial score (nSPS) is 10.5. The number of anilines is 1. The van der Waals surface area contributed by atoms with Gasteiger partial charge in [-0.1, -0.05) is 18.2 Å². The van der Waals surface area contributed by atoms with E-state index in [1.54, 1.807) is 18.3 Å². The summed E-state index contributed by atoms with van der Waals surface area (Å²) in [7, 11) is 1.92. The highest BCUT2D eigenvalue weighted by molar-refractivity contribution is 5.36. The molecule has 19 heavy (non-hydrogen) atoms. The Balaban J connectivity index is 2.01. The van der Waals surface area contributed by atoms with Gasteiger partial charge in [-0.15, -0.1) is 0 Å². The van der Waals surface area contributed by atoms with Crippen LogP contribution in [0, 0.1) is 5.82 Å². The fourth-order valence-electron chi connectivity index (χ4n) is 1.80. The van der Waals surface area contributed by atoms with Crippen LogP contribution in [0.25, 0.3) is 0 Å². The highest BCUT2D eigenvalue weighted by atomic mass is 19.1. The van der Waals surface area contributed by atoms with Crippen LogP contribution >= 0.6 is 0 Å². The summed E-state index contributed by atoms with van der Waals surface area (Å²) in [5.41, 5.74) is 6.22. The number of aromatic nitrogens is 2. The predicted octanol–water partition coefficient (Wildman–Crippen LogP) is 1.75. The van der Waals surface area contributed by atoms with Crippen LogP contribution < -0.4 is 10.6 Å². The number of benzene rings is 1. The third-order valence-electron chi connectivity index (χ3n) is 2.94. The number of nitrogens with two attached hydrogens (primary N) is 1. The fourth-order valence-corrected chi connectivity index (χ4v) is 1.80. The molecule has 2 aromatic rings. The third-order valence-corrected chi connectivity index (χ3v) is 2.94. The van der Waals surface area contributed by atoms with Gasteiger partial charge in [0, 0.05) is 19.8 Å². The van der Waals surface area contributed by atoms with Gasteiger partial charge in [0.25, 0.3) is 0 Å². The van der Waals surface area contributed by atoms with Crippen molar-refractivity contribution < 1.29 is 4.39 Å². The highest BCUT2D eigenvalue weighted by Gasteiger charge is 2.06. The lowest BCUT2D eigenvalue weighted by Gasteiger charge is -2.18. The van der Waals surface area contributed by atoms with Crippen molar-refractivity contribution in [3.8, 4) is 0 Å². The van der Waals surface area contributed by atoms with Crippen LogP contribution in [0.4, 0.5) is 10.2 Å². The van der Waals surface area contributed by atoms with Gasteiger partial charge < -0.3 is 10.6 Å². The number of halogens is 1. The van der Waals surface area contributed by atoms with Gasteiger partial charge in [-0.2, -0.15) is 0 Å². The number of nitrogens with zero attached hydrogens (tertiary/aromatic N) is 3. The van der Waals surface area contributed by atoms with Crippen LogP contribution in [-0.2, 0) is 13.0 Å². The molecule has 0 spiro atoms. The Labute approximate surface area is 112 Å². The molecule has 0 unspecified atom stereocenters. The Bertz CT molecular complexity index is 544. The molecule has 0 saturated heterocycles. The van der Waals surface area contributed by atoms with Crippen LogP contribution in [0.2, 0.25) is 0 Å². The average Bonchev–Trinajstić information content (AvgIpc) is 2.46. The number of rotatable bonds is 5. The molecule has 1 aromatic carbocycles. The molecule has 0 aliphatic carbocycles. The van der Waals surface area contributed by atoms with Crippen molar-refractivity contribution in [1.29, 1.82) is 0 Å². The van der Waals surface area contributed by atoms with E-state index < -0.39 is 0 Å². The molecular weight excluding hydrogens is 243 g/mol. The number of likely N-dealkylation sites (N-methyl/N-ethyl adjacent to an activating group) is 1. The Hall–Kier alpha value is -2.01. The molecule has 0 aliphatic rings. The van der Waals surface area contributed by atoms with Crippen LogP contribution in [-0.4, -0.2) is 23.6 Å². The van der Waals surface area contributed by atoms with Gasteiger partial charge in [0.05, 0.1) is 6.54 Å². The molecule has 1 heterocycles. The first-order valence-corrected chi connectivity index (χ1v) is 6.17. The molecule has 4 nitrogen and oxygen atoms in total. The average molecular weight is 260 g/mol. The summed E-state index contributed by atoms with van der Waals surface area (Å²) in [6.07, 6.45) is 2.31. The van der Waals surface area contributed by atoms with Crippen molar-refractivity contribution >= 4 is 5.82 Å². The Kier molecular flexibility index (Phi) is 4.41. The Morgan fingerprint density at radius 1 is 1.26 bits per heavy atom. The van der Waals surface area contributed by atoms with Crippen molar-refractivity contribution in [2.75, 3.05) is 18.5 Å². The van der Waals surface area contributed by atoms with Gasteiger partial charge in [0.2, 0.25) is 0 Å². The topological polar surface area (TPSA) is 55.0 Å². The summed E-state index contributed by atoms with van der Waals surface area (Å²) in [5.74, 6) is 1.24. The van der Waals surface area contributed by atoms with E-state index in [1.807, 2.05) is 24.1 Å². The van der Waals surface area contributed by atoms with Crippen molar-refractivity contribution in [1.82, 2.24) is 9.97 Å². The maximum Gasteiger partial charge on any atom is 0.144 e. The standard InChI is InChI=1S/C14H17FN4/c1-19(14-6-8-17-13(10-16)18-14)9-7-11-4-2-3-5-12(11)15/h2-6,8H,7,9-10,16H2,1H3. The van der Waals surface area contributed by atoms with E-state index in [4.69, 9.17) is 5.73 Å². The van der Waals surface area contributed by atoms with Gasteiger partial charge in [0.1, 0.15) is 17.5 Å². The smallest absolute Gasteiger partial charge is 0.144 e. The van der Waals surface area contributed by atoms with Crippen molar-refractivity contribution in [2.24, 2.45) is 5.73 Å². The Morgan fingerprint density at radius 3 is 2.79 bits per heavy atom. The van der Waals surface area contributed by atoms with Crippen LogP contribution in [0.1, 0.15) is 11.4 Å². The van der Waals surface area contributed by atoms with E-state index in [0.717, 1.165) is 5.82 Å². The van der Waals surface area contributed by atoms with E-state index in [0.29, 0.717) is 30.9 Å². The molecule has 100 valence electrons. The summed E-state index contributed by atoms with van der Waals surface area (Å²) in [6, 6.07) is 8.64. The summed E-state index contributed by atoms with van der Waals surface area (Å²) in [4.78, 5) is 10.3. The second kappa shape index (κ2) is 6.24. The molecule has 1 aromatic heterocycles. The first kappa shape index (κ1) is 13.4. The number of hydrogen-bond donors (Lipinski definition) is 1. The van der Waals surface area contributed by atoms with E-state index >= 15 is 0 Å². The molecule has 0 saturated carbocycles. The predicted molar refractivity (Wildman–Crippen MR) is 73.3 cm³/mol. The lowest BCUT2D eigenvalue weighted by Crippen LogP contribution is -2.22. The largest absolute Gasteiger partial charge is 0.359 e. The molecular formula is C14H17FN4. The summed E-state index contributed by atoms with van der Waals surface area (Å²) in [5, 5.41) is 0. The summed E-state index contributed by atoms with van der Waals surface area (Å²) < 4.78 is 13.5. The lowest BCUT2D eigenvalue weighted by molar-refractivity contribution is 0.608. The van der Waals surface area contributed by atoms with Crippen LogP contribution in [0.5, 0.6) is 0 Å². The summed E-state index contributed by atoms with van der Waals surface area (Å²) >= 11 is 0. The molecule has 0 amide bonds. The maximum atomic E-state index is 13.5. The SMILES string of the molecule is CN(CCc1ccccc1F)c1ccnc(CN)n1. The van der Waals surface area contributed by atoms with Crippen molar-refractivity contribution in [2.45, 2.75) is 13.0 Å². The zero-order valence-electron chi connectivity index (χ0n) is 10.9. The molecule has 0 radical (unpaired) electrons. The first-order valence-electron chi connectivity index (χ1n) is 6.17. The fraction of sp³-hybridized carbons (Fsp3) is 0.286. The zero-order chi connectivity index (χ0) is 13.7. The van der Waals surface area contributed by atoms with Gasteiger partial charge in [-0.25, -0.2) is 14.4 Å².